The van der Waals surface area contributed by atoms with Gasteiger partial charge in [-0.25, -0.2) is 0 Å². The Bertz CT molecular complexity index is 344. The molecule has 2 rings (SSSR count). The first-order chi connectivity index (χ1) is 8.78. The van der Waals surface area contributed by atoms with Gasteiger partial charge < -0.3 is 10.6 Å². The van der Waals surface area contributed by atoms with Gasteiger partial charge in [-0.1, -0.05) is 25.0 Å². The third kappa shape index (κ3) is 4.30. The summed E-state index contributed by atoms with van der Waals surface area (Å²) >= 11 is 2.06. The summed E-state index contributed by atoms with van der Waals surface area (Å²) in [6, 6.07) is 9.05. The van der Waals surface area contributed by atoms with Crippen molar-refractivity contribution in [1.82, 2.24) is 4.90 Å². The zero-order valence-electron chi connectivity index (χ0n) is 11.3. The molecule has 0 bridgehead atoms. The summed E-state index contributed by atoms with van der Waals surface area (Å²) in [4.78, 5) is 3.69. The third-order valence-corrected chi connectivity index (χ3v) is 4.84. The monoisotopic (exact) mass is 264 g/mol. The smallest absolute Gasteiger partial charge is 0.0231 e. The number of nitrogens with two attached hydrogens (primary N) is 1. The molecule has 1 saturated carbocycles. The number of hydrogen-bond acceptors (Lipinski definition) is 3. The van der Waals surface area contributed by atoms with Crippen molar-refractivity contribution in [1.29, 1.82) is 0 Å². The zero-order valence-corrected chi connectivity index (χ0v) is 12.1. The van der Waals surface area contributed by atoms with E-state index >= 15 is 0 Å². The molecule has 1 aliphatic rings. The number of nitrogens with zero attached hydrogens (tertiary/aromatic N) is 1. The Labute approximate surface area is 115 Å². The first-order valence-electron chi connectivity index (χ1n) is 6.92. The molecule has 18 heavy (non-hydrogen) atoms. The van der Waals surface area contributed by atoms with Gasteiger partial charge in [-0.15, -0.1) is 11.8 Å². The number of likely N-dealkylation sites (N-methyl/N-ethyl adjacent to an activating group) is 1. The van der Waals surface area contributed by atoms with Crippen LogP contribution >= 0.6 is 11.8 Å². The Morgan fingerprint density at radius 3 is 2.50 bits per heavy atom. The fourth-order valence-electron chi connectivity index (χ4n) is 2.48. The van der Waals surface area contributed by atoms with Crippen LogP contribution < -0.4 is 5.73 Å². The zero-order chi connectivity index (χ0) is 12.8. The van der Waals surface area contributed by atoms with E-state index < -0.39 is 0 Å². The Morgan fingerprint density at radius 1 is 1.22 bits per heavy atom. The highest BCUT2D eigenvalue weighted by Gasteiger charge is 2.15. The molecule has 0 spiro atoms. The van der Waals surface area contributed by atoms with Crippen molar-refractivity contribution in [3.05, 3.63) is 29.8 Å². The van der Waals surface area contributed by atoms with Crippen molar-refractivity contribution < 1.29 is 0 Å². The van der Waals surface area contributed by atoms with E-state index in [2.05, 4.69) is 48.0 Å². The van der Waals surface area contributed by atoms with Gasteiger partial charge in [0.2, 0.25) is 0 Å². The standard InChI is InChI=1S/C15H24N2S/c1-17(11-10-16)12-13-6-8-15(9-7-13)18-14-4-2-3-5-14/h6-9,14H,2-5,10-12,16H2,1H3. The lowest BCUT2D eigenvalue weighted by molar-refractivity contribution is 0.336. The van der Waals surface area contributed by atoms with E-state index in [4.69, 9.17) is 5.73 Å². The third-order valence-electron chi connectivity index (χ3n) is 3.49. The van der Waals surface area contributed by atoms with E-state index in [0.29, 0.717) is 0 Å². The van der Waals surface area contributed by atoms with Crippen LogP contribution in [0.25, 0.3) is 0 Å². The molecule has 0 saturated heterocycles. The van der Waals surface area contributed by atoms with Crippen LogP contribution in [0.3, 0.4) is 0 Å². The highest BCUT2D eigenvalue weighted by molar-refractivity contribution is 8.00. The summed E-state index contributed by atoms with van der Waals surface area (Å²) in [5.74, 6) is 0. The molecule has 0 radical (unpaired) electrons. The van der Waals surface area contributed by atoms with Gasteiger partial charge >= 0.3 is 0 Å². The molecule has 1 aromatic rings. The van der Waals surface area contributed by atoms with E-state index in [1.165, 1.54) is 36.1 Å². The highest BCUT2D eigenvalue weighted by Crippen LogP contribution is 2.34. The molecule has 1 fully saturated rings. The van der Waals surface area contributed by atoms with Crippen molar-refractivity contribution in [2.45, 2.75) is 42.4 Å². The van der Waals surface area contributed by atoms with E-state index in [1.807, 2.05) is 0 Å². The molecule has 0 atom stereocenters. The fraction of sp³-hybridized carbons (Fsp3) is 0.600. The van der Waals surface area contributed by atoms with E-state index in [9.17, 15) is 0 Å². The average Bonchev–Trinajstić information content (AvgIpc) is 2.85. The molecule has 3 heteroatoms. The molecule has 2 N–H and O–H groups in total. The summed E-state index contributed by atoms with van der Waals surface area (Å²) < 4.78 is 0. The summed E-state index contributed by atoms with van der Waals surface area (Å²) in [7, 11) is 2.12. The Balaban J connectivity index is 1.84. The average molecular weight is 264 g/mol. The molecule has 2 nitrogen and oxygen atoms in total. The molecule has 100 valence electrons. The summed E-state index contributed by atoms with van der Waals surface area (Å²) in [5.41, 5.74) is 6.93. The second kappa shape index (κ2) is 7.17. The van der Waals surface area contributed by atoms with Crippen LogP contribution in [-0.4, -0.2) is 30.3 Å². The van der Waals surface area contributed by atoms with Gasteiger partial charge in [0.05, 0.1) is 0 Å². The molecule has 0 aliphatic heterocycles. The van der Waals surface area contributed by atoms with Crippen LogP contribution in [0.2, 0.25) is 0 Å². The minimum atomic E-state index is 0.728. The van der Waals surface area contributed by atoms with Crippen molar-refractivity contribution >= 4 is 11.8 Å². The summed E-state index contributed by atoms with van der Waals surface area (Å²) in [6.07, 6.45) is 5.62. The van der Waals surface area contributed by atoms with Crippen molar-refractivity contribution in [2.75, 3.05) is 20.1 Å². The molecule has 0 heterocycles. The van der Waals surface area contributed by atoms with Gasteiger partial charge in [-0.3, -0.25) is 0 Å². The maximum Gasteiger partial charge on any atom is 0.0231 e. The minimum absolute atomic E-state index is 0.728. The van der Waals surface area contributed by atoms with Crippen molar-refractivity contribution in [3.8, 4) is 0 Å². The lowest BCUT2D eigenvalue weighted by atomic mass is 10.2. The Morgan fingerprint density at radius 2 is 1.89 bits per heavy atom. The minimum Gasteiger partial charge on any atom is -0.329 e. The number of rotatable bonds is 6. The highest BCUT2D eigenvalue weighted by atomic mass is 32.2. The van der Waals surface area contributed by atoms with Crippen LogP contribution in [0.1, 0.15) is 31.2 Å². The normalized spacial score (nSPS) is 16.6. The Kier molecular flexibility index (Phi) is 5.54. The molecule has 0 amide bonds. The number of benzene rings is 1. The van der Waals surface area contributed by atoms with Crippen LogP contribution in [0, 0.1) is 0 Å². The largest absolute Gasteiger partial charge is 0.329 e. The van der Waals surface area contributed by atoms with Gasteiger partial charge in [-0.05, 0) is 37.6 Å². The topological polar surface area (TPSA) is 29.3 Å². The van der Waals surface area contributed by atoms with Gasteiger partial charge in [0.1, 0.15) is 0 Å². The van der Waals surface area contributed by atoms with Gasteiger partial charge in [0.15, 0.2) is 0 Å². The lowest BCUT2D eigenvalue weighted by Gasteiger charge is -2.15. The molecule has 1 aromatic carbocycles. The molecule has 0 unspecified atom stereocenters. The van der Waals surface area contributed by atoms with Crippen LogP contribution in [0.4, 0.5) is 0 Å². The van der Waals surface area contributed by atoms with Gasteiger partial charge in [0.25, 0.3) is 0 Å². The molecule has 0 aromatic heterocycles. The van der Waals surface area contributed by atoms with Crippen LogP contribution in [0.5, 0.6) is 0 Å². The number of hydrogen-bond donors (Lipinski definition) is 1. The molecule has 1 aliphatic carbocycles. The van der Waals surface area contributed by atoms with Gasteiger partial charge in [-0.2, -0.15) is 0 Å². The van der Waals surface area contributed by atoms with E-state index in [-0.39, 0.29) is 0 Å². The predicted octanol–water partition coefficient (Wildman–Crippen LogP) is 3.11. The van der Waals surface area contributed by atoms with Crippen LogP contribution in [-0.2, 0) is 6.54 Å². The summed E-state index contributed by atoms with van der Waals surface area (Å²) in [6.45, 7) is 2.68. The predicted molar refractivity (Wildman–Crippen MR) is 79.9 cm³/mol. The van der Waals surface area contributed by atoms with Gasteiger partial charge in [0, 0.05) is 29.8 Å². The van der Waals surface area contributed by atoms with E-state index in [1.54, 1.807) is 0 Å². The molecular formula is C15H24N2S. The quantitative estimate of drug-likeness (QED) is 0.856. The van der Waals surface area contributed by atoms with Crippen LogP contribution in [0.15, 0.2) is 29.2 Å². The lowest BCUT2D eigenvalue weighted by Crippen LogP contribution is -2.24. The van der Waals surface area contributed by atoms with E-state index in [0.717, 1.165) is 24.9 Å². The first kappa shape index (κ1) is 13.9. The van der Waals surface area contributed by atoms with Crippen molar-refractivity contribution in [2.24, 2.45) is 5.73 Å². The molecular weight excluding hydrogens is 240 g/mol. The maximum atomic E-state index is 5.55. The maximum absolute atomic E-state index is 5.55. The Hall–Kier alpha value is -0.510. The fourth-order valence-corrected chi connectivity index (χ4v) is 3.73. The second-order valence-corrected chi connectivity index (χ2v) is 6.57. The summed E-state index contributed by atoms with van der Waals surface area (Å²) in [5, 5.41) is 0.857. The SMILES string of the molecule is CN(CCN)Cc1ccc(SC2CCCC2)cc1. The second-order valence-electron chi connectivity index (χ2n) is 5.19. The number of thioether (sulfide) groups is 1. The first-order valence-corrected chi connectivity index (χ1v) is 7.80. The van der Waals surface area contributed by atoms with Crippen molar-refractivity contribution in [3.63, 3.8) is 0 Å².